The van der Waals surface area contributed by atoms with Crippen molar-refractivity contribution in [1.82, 2.24) is 4.57 Å². The standard InChI is InChI=1S/C64H40N2OS/c1-2-14-44-39-45(28-27-41(44)13-1)42-29-33-47(34-30-42)65(49-16-11-15-46(40-49)50-21-12-22-55-54-19-5-9-25-60(54)67-63(50)55)59-38-37-51(64-62(59)56-20-6-10-26-61(56)68-64)43-31-35-48(36-32-43)66-57-23-7-3-17-52(57)53-18-4-8-24-58(53)66/h1-40H. The van der Waals surface area contributed by atoms with E-state index in [0.717, 1.165) is 55.8 Å². The minimum Gasteiger partial charge on any atom is -0.455 e. The monoisotopic (exact) mass is 884 g/mol. The van der Waals surface area contributed by atoms with Crippen molar-refractivity contribution in [3.63, 3.8) is 0 Å². The third-order valence-electron chi connectivity index (χ3n) is 13.8. The summed E-state index contributed by atoms with van der Waals surface area (Å²) in [5, 5.41) is 9.73. The SMILES string of the molecule is c1cc(-c2cccc3c2oc2ccccc23)cc(N(c2ccc(-c3ccc4ccccc4c3)cc2)c2ccc(-c3ccc(-n4c5ccccc5c5ccccc54)cc3)c3sc4ccccc4c23)c1. The van der Waals surface area contributed by atoms with Gasteiger partial charge in [-0.2, -0.15) is 0 Å². The highest BCUT2D eigenvalue weighted by molar-refractivity contribution is 7.26. The molecule has 3 nitrogen and oxygen atoms in total. The maximum absolute atomic E-state index is 6.59. The van der Waals surface area contributed by atoms with Crippen molar-refractivity contribution in [2.75, 3.05) is 4.90 Å². The van der Waals surface area contributed by atoms with E-state index in [2.05, 4.69) is 246 Å². The molecule has 0 aliphatic carbocycles. The zero-order valence-electron chi connectivity index (χ0n) is 36.8. The van der Waals surface area contributed by atoms with Gasteiger partial charge in [-0.25, -0.2) is 0 Å². The van der Waals surface area contributed by atoms with E-state index in [-0.39, 0.29) is 0 Å². The summed E-state index contributed by atoms with van der Waals surface area (Å²) < 4.78 is 11.5. The van der Waals surface area contributed by atoms with Crippen LogP contribution in [0.25, 0.3) is 114 Å². The van der Waals surface area contributed by atoms with Crippen molar-refractivity contribution in [1.29, 1.82) is 0 Å². The van der Waals surface area contributed by atoms with Gasteiger partial charge in [0.05, 0.1) is 16.7 Å². The average Bonchev–Trinajstić information content (AvgIpc) is 4.10. The van der Waals surface area contributed by atoms with Crippen molar-refractivity contribution in [3.05, 3.63) is 243 Å². The molecule has 0 fully saturated rings. The molecule has 0 spiro atoms. The highest BCUT2D eigenvalue weighted by atomic mass is 32.1. The predicted octanol–water partition coefficient (Wildman–Crippen LogP) is 18.7. The molecular formula is C64H40N2OS. The lowest BCUT2D eigenvalue weighted by Crippen LogP contribution is -2.10. The molecule has 14 rings (SSSR count). The van der Waals surface area contributed by atoms with E-state index in [1.165, 1.54) is 75.0 Å². The number of furan rings is 1. The van der Waals surface area contributed by atoms with E-state index in [1.807, 2.05) is 17.4 Å². The fourth-order valence-corrected chi connectivity index (χ4v) is 11.9. The Kier molecular flexibility index (Phi) is 8.76. The number of thiophene rings is 1. The number of fused-ring (bicyclic) bond motifs is 10. The number of rotatable bonds is 7. The van der Waals surface area contributed by atoms with Gasteiger partial charge in [-0.1, -0.05) is 170 Å². The Balaban J connectivity index is 0.944. The minimum absolute atomic E-state index is 0.896. The molecule has 0 N–H and O–H groups in total. The second kappa shape index (κ2) is 15.5. The number of nitrogens with zero attached hydrogens (tertiary/aromatic N) is 2. The lowest BCUT2D eigenvalue weighted by Gasteiger charge is -2.28. The summed E-state index contributed by atoms with van der Waals surface area (Å²) in [5.74, 6) is 0. The molecule has 318 valence electrons. The molecule has 0 saturated carbocycles. The number of hydrogen-bond acceptors (Lipinski definition) is 3. The van der Waals surface area contributed by atoms with Crippen molar-refractivity contribution >= 4 is 103 Å². The number of para-hydroxylation sites is 4. The molecule has 0 unspecified atom stereocenters. The number of hydrogen-bond donors (Lipinski definition) is 0. The molecule has 0 atom stereocenters. The highest BCUT2D eigenvalue weighted by Crippen LogP contribution is 2.49. The van der Waals surface area contributed by atoms with Crippen LogP contribution in [0.5, 0.6) is 0 Å². The Morgan fingerprint density at radius 3 is 1.84 bits per heavy atom. The van der Waals surface area contributed by atoms with Crippen LogP contribution in [0.15, 0.2) is 247 Å². The highest BCUT2D eigenvalue weighted by Gasteiger charge is 2.23. The van der Waals surface area contributed by atoms with E-state index in [0.29, 0.717) is 0 Å². The van der Waals surface area contributed by atoms with Gasteiger partial charge in [0.25, 0.3) is 0 Å². The topological polar surface area (TPSA) is 21.3 Å². The van der Waals surface area contributed by atoms with Crippen LogP contribution >= 0.6 is 11.3 Å². The van der Waals surface area contributed by atoms with Crippen LogP contribution in [-0.4, -0.2) is 4.57 Å². The lowest BCUT2D eigenvalue weighted by molar-refractivity contribution is 0.670. The molecule has 0 radical (unpaired) electrons. The van der Waals surface area contributed by atoms with Gasteiger partial charge < -0.3 is 13.9 Å². The Hall–Kier alpha value is -8.70. The second-order valence-corrected chi connectivity index (χ2v) is 18.7. The van der Waals surface area contributed by atoms with Crippen molar-refractivity contribution < 1.29 is 4.42 Å². The summed E-state index contributed by atoms with van der Waals surface area (Å²) in [5.41, 5.74) is 15.6. The summed E-state index contributed by atoms with van der Waals surface area (Å²) in [4.78, 5) is 2.45. The molecule has 0 amide bonds. The minimum atomic E-state index is 0.896. The third-order valence-corrected chi connectivity index (χ3v) is 15.0. The zero-order chi connectivity index (χ0) is 44.7. The smallest absolute Gasteiger partial charge is 0.143 e. The van der Waals surface area contributed by atoms with Crippen LogP contribution in [-0.2, 0) is 0 Å². The summed E-state index contributed by atoms with van der Waals surface area (Å²) in [7, 11) is 0. The fraction of sp³-hybridized carbons (Fsp3) is 0. The molecule has 0 saturated heterocycles. The summed E-state index contributed by atoms with van der Waals surface area (Å²) >= 11 is 1.87. The first-order valence-corrected chi connectivity index (χ1v) is 24.0. The molecule has 3 heterocycles. The van der Waals surface area contributed by atoms with Crippen molar-refractivity contribution in [2.45, 2.75) is 0 Å². The predicted molar refractivity (Wildman–Crippen MR) is 289 cm³/mol. The number of aromatic nitrogens is 1. The van der Waals surface area contributed by atoms with E-state index in [9.17, 15) is 0 Å². The van der Waals surface area contributed by atoms with Crippen molar-refractivity contribution in [2.24, 2.45) is 0 Å². The molecule has 68 heavy (non-hydrogen) atoms. The first kappa shape index (κ1) is 38.6. The summed E-state index contributed by atoms with van der Waals surface area (Å²) in [6.45, 7) is 0. The molecule has 0 bridgehead atoms. The first-order valence-electron chi connectivity index (χ1n) is 23.2. The van der Waals surface area contributed by atoms with Crippen LogP contribution in [0.2, 0.25) is 0 Å². The lowest BCUT2D eigenvalue weighted by atomic mass is 9.98. The van der Waals surface area contributed by atoms with E-state index < -0.39 is 0 Å². The molecule has 0 aliphatic heterocycles. The Morgan fingerprint density at radius 2 is 1.03 bits per heavy atom. The van der Waals surface area contributed by atoms with Gasteiger partial charge in [0, 0.05) is 64.3 Å². The summed E-state index contributed by atoms with van der Waals surface area (Å²) in [6, 6.07) is 88.2. The Bertz CT molecular complexity index is 4210. The van der Waals surface area contributed by atoms with Gasteiger partial charge in [0.2, 0.25) is 0 Å². The van der Waals surface area contributed by atoms with Crippen molar-refractivity contribution in [3.8, 4) is 39.1 Å². The largest absolute Gasteiger partial charge is 0.455 e. The molecule has 4 heteroatoms. The van der Waals surface area contributed by atoms with E-state index in [1.54, 1.807) is 0 Å². The second-order valence-electron chi connectivity index (χ2n) is 17.6. The Labute approximate surface area is 396 Å². The quantitative estimate of drug-likeness (QED) is 0.159. The molecule has 0 aliphatic rings. The Morgan fingerprint density at radius 1 is 0.382 bits per heavy atom. The van der Waals surface area contributed by atoms with Crippen LogP contribution < -0.4 is 4.90 Å². The van der Waals surface area contributed by atoms with E-state index in [4.69, 9.17) is 4.42 Å². The van der Waals surface area contributed by atoms with Gasteiger partial charge in [0.15, 0.2) is 0 Å². The maximum Gasteiger partial charge on any atom is 0.143 e. The zero-order valence-corrected chi connectivity index (χ0v) is 37.6. The van der Waals surface area contributed by atoms with Gasteiger partial charge in [-0.15, -0.1) is 11.3 Å². The van der Waals surface area contributed by atoms with Crippen LogP contribution in [0.1, 0.15) is 0 Å². The van der Waals surface area contributed by atoms with Crippen LogP contribution in [0.3, 0.4) is 0 Å². The van der Waals surface area contributed by atoms with Gasteiger partial charge >= 0.3 is 0 Å². The normalized spacial score (nSPS) is 11.8. The number of benzene rings is 11. The van der Waals surface area contributed by atoms with Gasteiger partial charge in [-0.05, 0) is 111 Å². The molecular weight excluding hydrogens is 845 g/mol. The van der Waals surface area contributed by atoms with Gasteiger partial charge in [-0.3, -0.25) is 0 Å². The average molecular weight is 885 g/mol. The molecule has 3 aromatic heterocycles. The van der Waals surface area contributed by atoms with E-state index >= 15 is 0 Å². The first-order chi connectivity index (χ1) is 33.7. The summed E-state index contributed by atoms with van der Waals surface area (Å²) in [6.07, 6.45) is 0. The van der Waals surface area contributed by atoms with Crippen LogP contribution in [0.4, 0.5) is 17.1 Å². The molecule has 14 aromatic rings. The number of anilines is 3. The van der Waals surface area contributed by atoms with Crippen LogP contribution in [0, 0.1) is 0 Å². The molecule has 11 aromatic carbocycles. The third kappa shape index (κ3) is 6.12. The van der Waals surface area contributed by atoms with Gasteiger partial charge in [0.1, 0.15) is 11.2 Å². The fourth-order valence-electron chi connectivity index (χ4n) is 10.6. The maximum atomic E-state index is 6.59.